The number of likely N-dealkylation sites (tertiary alicyclic amines) is 1. The Morgan fingerprint density at radius 2 is 2.09 bits per heavy atom. The standard InChI is InChI=1S/C17H23N3O2/c1-13-6-8-14(9-7-13)17-19-18-16(22-17)12-20-10-2-4-15(20)5-3-11-21/h6-9,15,21H,2-5,10-12H2,1H3. The molecule has 3 rings (SSSR count). The number of nitrogens with zero attached hydrogens (tertiary/aromatic N) is 3. The lowest BCUT2D eigenvalue weighted by Gasteiger charge is -2.22. The first-order chi connectivity index (χ1) is 10.8. The van der Waals surface area contributed by atoms with Crippen molar-refractivity contribution in [3.05, 3.63) is 35.7 Å². The zero-order chi connectivity index (χ0) is 15.4. The van der Waals surface area contributed by atoms with Crippen LogP contribution in [0.25, 0.3) is 11.5 Å². The average Bonchev–Trinajstić information content (AvgIpc) is 3.16. The minimum absolute atomic E-state index is 0.266. The Balaban J connectivity index is 1.65. The molecule has 0 saturated carbocycles. The molecule has 1 fully saturated rings. The summed E-state index contributed by atoms with van der Waals surface area (Å²) in [5.41, 5.74) is 2.18. The number of hydrogen-bond donors (Lipinski definition) is 1. The molecule has 1 unspecified atom stereocenters. The maximum absolute atomic E-state index is 8.99. The molecule has 0 spiro atoms. The van der Waals surface area contributed by atoms with Gasteiger partial charge in [-0.05, 0) is 51.3 Å². The first-order valence-corrected chi connectivity index (χ1v) is 8.00. The highest BCUT2D eigenvalue weighted by molar-refractivity contribution is 5.52. The van der Waals surface area contributed by atoms with Crippen molar-refractivity contribution in [2.24, 2.45) is 0 Å². The van der Waals surface area contributed by atoms with Crippen LogP contribution in [-0.2, 0) is 6.54 Å². The third-order valence-electron chi connectivity index (χ3n) is 4.30. The van der Waals surface area contributed by atoms with Gasteiger partial charge in [0.15, 0.2) is 0 Å². The molecule has 2 aromatic rings. The minimum Gasteiger partial charge on any atom is -0.419 e. The molecule has 0 bridgehead atoms. The summed E-state index contributed by atoms with van der Waals surface area (Å²) in [4.78, 5) is 2.39. The highest BCUT2D eigenvalue weighted by Gasteiger charge is 2.25. The first kappa shape index (κ1) is 15.2. The number of aromatic nitrogens is 2. The zero-order valence-corrected chi connectivity index (χ0v) is 13.0. The van der Waals surface area contributed by atoms with E-state index < -0.39 is 0 Å². The van der Waals surface area contributed by atoms with Crippen LogP contribution in [-0.4, -0.2) is 39.4 Å². The second kappa shape index (κ2) is 7.03. The van der Waals surface area contributed by atoms with Crippen molar-refractivity contribution >= 4 is 0 Å². The number of aliphatic hydroxyl groups excluding tert-OH is 1. The second-order valence-electron chi connectivity index (χ2n) is 6.00. The largest absolute Gasteiger partial charge is 0.419 e. The summed E-state index contributed by atoms with van der Waals surface area (Å²) in [6.07, 6.45) is 4.29. The van der Waals surface area contributed by atoms with Gasteiger partial charge in [-0.15, -0.1) is 10.2 Å². The van der Waals surface area contributed by atoms with E-state index in [4.69, 9.17) is 9.52 Å². The van der Waals surface area contributed by atoms with Crippen LogP contribution in [0.3, 0.4) is 0 Å². The highest BCUT2D eigenvalue weighted by Crippen LogP contribution is 2.24. The molecule has 1 aromatic carbocycles. The second-order valence-corrected chi connectivity index (χ2v) is 6.00. The molecule has 1 aliphatic heterocycles. The summed E-state index contributed by atoms with van der Waals surface area (Å²) in [5, 5.41) is 17.3. The Kier molecular flexibility index (Phi) is 4.85. The molecule has 118 valence electrons. The van der Waals surface area contributed by atoms with Crippen molar-refractivity contribution in [1.82, 2.24) is 15.1 Å². The van der Waals surface area contributed by atoms with Crippen LogP contribution in [0.1, 0.15) is 37.1 Å². The summed E-state index contributed by atoms with van der Waals surface area (Å²) in [5.74, 6) is 1.26. The highest BCUT2D eigenvalue weighted by atomic mass is 16.4. The molecule has 5 nitrogen and oxygen atoms in total. The molecule has 1 N–H and O–H groups in total. The van der Waals surface area contributed by atoms with Gasteiger partial charge in [-0.25, -0.2) is 0 Å². The molecule has 0 aliphatic carbocycles. The van der Waals surface area contributed by atoms with Crippen LogP contribution in [0.5, 0.6) is 0 Å². The lowest BCUT2D eigenvalue weighted by atomic mass is 10.1. The van der Waals surface area contributed by atoms with Gasteiger partial charge in [-0.2, -0.15) is 0 Å². The molecule has 1 saturated heterocycles. The zero-order valence-electron chi connectivity index (χ0n) is 13.0. The van der Waals surface area contributed by atoms with Crippen LogP contribution in [0.4, 0.5) is 0 Å². The van der Waals surface area contributed by atoms with Crippen molar-refractivity contribution in [1.29, 1.82) is 0 Å². The van der Waals surface area contributed by atoms with Crippen molar-refractivity contribution in [3.8, 4) is 11.5 Å². The predicted octanol–water partition coefficient (Wildman–Crippen LogP) is 2.78. The van der Waals surface area contributed by atoms with Gasteiger partial charge in [0.1, 0.15) is 0 Å². The van der Waals surface area contributed by atoms with Gasteiger partial charge in [-0.1, -0.05) is 17.7 Å². The predicted molar refractivity (Wildman–Crippen MR) is 84.2 cm³/mol. The maximum Gasteiger partial charge on any atom is 0.247 e. The van der Waals surface area contributed by atoms with Crippen LogP contribution in [0.2, 0.25) is 0 Å². The van der Waals surface area contributed by atoms with Gasteiger partial charge in [-0.3, -0.25) is 4.90 Å². The summed E-state index contributed by atoms with van der Waals surface area (Å²) < 4.78 is 5.81. The number of hydrogen-bond acceptors (Lipinski definition) is 5. The Bertz CT molecular complexity index is 594. The SMILES string of the molecule is Cc1ccc(-c2nnc(CN3CCCC3CCCO)o2)cc1. The fourth-order valence-electron chi connectivity index (χ4n) is 3.06. The molecule has 22 heavy (non-hydrogen) atoms. The third-order valence-corrected chi connectivity index (χ3v) is 4.30. The Morgan fingerprint density at radius 1 is 1.27 bits per heavy atom. The third kappa shape index (κ3) is 3.54. The van der Waals surface area contributed by atoms with E-state index >= 15 is 0 Å². The van der Waals surface area contributed by atoms with E-state index in [9.17, 15) is 0 Å². The molecule has 5 heteroatoms. The number of benzene rings is 1. The first-order valence-electron chi connectivity index (χ1n) is 8.00. The van der Waals surface area contributed by atoms with E-state index in [1.807, 2.05) is 24.3 Å². The topological polar surface area (TPSA) is 62.4 Å². The van der Waals surface area contributed by atoms with Gasteiger partial charge in [0, 0.05) is 18.2 Å². The van der Waals surface area contributed by atoms with Crippen molar-refractivity contribution in [2.45, 2.75) is 45.2 Å². The quantitative estimate of drug-likeness (QED) is 0.889. The van der Waals surface area contributed by atoms with Crippen LogP contribution in [0, 0.1) is 6.92 Å². The Hall–Kier alpha value is -1.72. The Morgan fingerprint density at radius 3 is 2.86 bits per heavy atom. The number of aliphatic hydroxyl groups is 1. The van der Waals surface area contributed by atoms with Gasteiger partial charge in [0.2, 0.25) is 11.8 Å². The summed E-state index contributed by atoms with van der Waals surface area (Å²) >= 11 is 0. The van der Waals surface area contributed by atoms with Crippen LogP contribution >= 0.6 is 0 Å². The minimum atomic E-state index is 0.266. The lowest BCUT2D eigenvalue weighted by Crippen LogP contribution is -2.29. The average molecular weight is 301 g/mol. The van der Waals surface area contributed by atoms with Crippen LogP contribution in [0.15, 0.2) is 28.7 Å². The summed E-state index contributed by atoms with van der Waals surface area (Å²) in [6.45, 7) is 4.10. The molecule has 0 amide bonds. The van der Waals surface area contributed by atoms with E-state index in [0.29, 0.717) is 24.4 Å². The fraction of sp³-hybridized carbons (Fsp3) is 0.529. The van der Waals surface area contributed by atoms with Crippen molar-refractivity contribution in [2.75, 3.05) is 13.2 Å². The summed E-state index contributed by atoms with van der Waals surface area (Å²) in [7, 11) is 0. The Labute approximate surface area is 131 Å². The van der Waals surface area contributed by atoms with Crippen molar-refractivity contribution < 1.29 is 9.52 Å². The monoisotopic (exact) mass is 301 g/mol. The maximum atomic E-state index is 8.99. The van der Waals surface area contributed by atoms with Gasteiger partial charge >= 0.3 is 0 Å². The molecule has 1 atom stereocenters. The molecule has 1 aliphatic rings. The molecule has 1 aromatic heterocycles. The molecular weight excluding hydrogens is 278 g/mol. The van der Waals surface area contributed by atoms with E-state index in [1.54, 1.807) is 0 Å². The molecular formula is C17H23N3O2. The number of rotatable bonds is 6. The molecule has 2 heterocycles. The van der Waals surface area contributed by atoms with Crippen LogP contribution < -0.4 is 0 Å². The van der Waals surface area contributed by atoms with Gasteiger partial charge in [0.25, 0.3) is 0 Å². The summed E-state index contributed by atoms with van der Waals surface area (Å²) in [6, 6.07) is 8.63. The number of aryl methyl sites for hydroxylation is 1. The van der Waals surface area contributed by atoms with E-state index in [-0.39, 0.29) is 6.61 Å². The van der Waals surface area contributed by atoms with E-state index in [1.165, 1.54) is 18.4 Å². The fourth-order valence-corrected chi connectivity index (χ4v) is 3.06. The van der Waals surface area contributed by atoms with Crippen molar-refractivity contribution in [3.63, 3.8) is 0 Å². The van der Waals surface area contributed by atoms with E-state index in [0.717, 1.165) is 24.9 Å². The van der Waals surface area contributed by atoms with E-state index in [2.05, 4.69) is 22.0 Å². The van der Waals surface area contributed by atoms with Gasteiger partial charge in [0.05, 0.1) is 6.54 Å². The molecule has 0 radical (unpaired) electrons. The lowest BCUT2D eigenvalue weighted by molar-refractivity contribution is 0.195. The normalized spacial score (nSPS) is 18.9. The van der Waals surface area contributed by atoms with Gasteiger partial charge < -0.3 is 9.52 Å². The smallest absolute Gasteiger partial charge is 0.247 e.